The van der Waals surface area contributed by atoms with Gasteiger partial charge in [-0.3, -0.25) is 19.0 Å². The summed E-state index contributed by atoms with van der Waals surface area (Å²) in [5.41, 5.74) is 1.05. The molecule has 0 aliphatic carbocycles. The smallest absolute Gasteiger partial charge is 0.239 e. The topological polar surface area (TPSA) is 148 Å². The maximum atomic E-state index is 13.3. The normalized spacial score (nSPS) is 13.7. The number of sulfonamides is 1. The number of nitrogens with zero attached hydrogens (tertiary/aromatic N) is 7. The van der Waals surface area contributed by atoms with Crippen LogP contribution >= 0.6 is 0 Å². The second-order valence-corrected chi connectivity index (χ2v) is 9.82. The molecule has 3 aromatic rings. The third kappa shape index (κ3) is 5.51. The summed E-state index contributed by atoms with van der Waals surface area (Å²) in [7, 11) is 2.46. The molecule has 0 radical (unpaired) electrons. The number of nitrogens with one attached hydrogen (secondary N) is 1. The molecule has 0 bridgehead atoms. The highest BCUT2D eigenvalue weighted by Gasteiger charge is 2.32. The van der Waals surface area contributed by atoms with E-state index in [1.165, 1.54) is 19.5 Å². The highest BCUT2D eigenvalue weighted by atomic mass is 32.2. The van der Waals surface area contributed by atoms with Gasteiger partial charge in [0.25, 0.3) is 0 Å². The van der Waals surface area contributed by atoms with Crippen LogP contribution in [0.1, 0.15) is 31.5 Å². The zero-order valence-electron chi connectivity index (χ0n) is 20.0. The van der Waals surface area contributed by atoms with E-state index in [1.54, 1.807) is 56.6 Å². The van der Waals surface area contributed by atoms with Crippen LogP contribution in [0.4, 0.5) is 5.95 Å². The molecule has 0 amide bonds. The molecule has 0 spiro atoms. The van der Waals surface area contributed by atoms with Gasteiger partial charge in [0, 0.05) is 33.4 Å². The Morgan fingerprint density at radius 2 is 1.76 bits per heavy atom. The van der Waals surface area contributed by atoms with Gasteiger partial charge in [0.1, 0.15) is 5.69 Å². The zero-order valence-corrected chi connectivity index (χ0v) is 20.9. The number of ether oxygens (including phenoxy) is 3. The summed E-state index contributed by atoms with van der Waals surface area (Å²) in [6, 6.07) is 1.36. The van der Waals surface area contributed by atoms with Crippen molar-refractivity contribution in [2.75, 3.05) is 39.3 Å². The summed E-state index contributed by atoms with van der Waals surface area (Å²) in [4.78, 5) is 8.40. The van der Waals surface area contributed by atoms with E-state index in [4.69, 9.17) is 14.2 Å². The summed E-state index contributed by atoms with van der Waals surface area (Å²) in [6.07, 6.45) is 4.72. The zero-order chi connectivity index (χ0) is 24.9. The van der Waals surface area contributed by atoms with Gasteiger partial charge in [0.05, 0.1) is 49.7 Å². The molecule has 0 saturated heterocycles. The average molecular weight is 495 g/mol. The molecule has 0 aromatic carbocycles. The Labute approximate surface area is 198 Å². The van der Waals surface area contributed by atoms with Crippen molar-refractivity contribution in [2.24, 2.45) is 7.05 Å². The van der Waals surface area contributed by atoms with Gasteiger partial charge < -0.3 is 14.2 Å². The minimum atomic E-state index is -3.91. The highest BCUT2D eigenvalue weighted by Crippen LogP contribution is 2.28. The fraction of sp³-hybridized carbons (Fsp3) is 0.550. The number of anilines is 1. The van der Waals surface area contributed by atoms with E-state index in [9.17, 15) is 8.42 Å². The largest absolute Gasteiger partial charge is 0.480 e. The summed E-state index contributed by atoms with van der Waals surface area (Å²) in [6.45, 7) is 3.85. The van der Waals surface area contributed by atoms with Gasteiger partial charge in [-0.1, -0.05) is 6.92 Å². The number of hydrogen-bond acceptors (Lipinski definition) is 10. The Bertz CT molecular complexity index is 1170. The average Bonchev–Trinajstić information content (AvgIpc) is 3.43. The van der Waals surface area contributed by atoms with Crippen LogP contribution in [-0.4, -0.2) is 82.7 Å². The Kier molecular flexibility index (Phi) is 8.17. The SMILES string of the molecule is COCC(COC)n1c(NS(=O)(=O)C(C)C(C)c2cnc(OC)cn2)nnc1-c1ccn(C)n1. The van der Waals surface area contributed by atoms with Gasteiger partial charge in [0.15, 0.2) is 5.82 Å². The highest BCUT2D eigenvalue weighted by molar-refractivity contribution is 7.93. The second kappa shape index (κ2) is 10.9. The molecule has 3 rings (SSSR count). The van der Waals surface area contributed by atoms with Gasteiger partial charge >= 0.3 is 0 Å². The van der Waals surface area contributed by atoms with E-state index in [-0.39, 0.29) is 19.2 Å². The van der Waals surface area contributed by atoms with E-state index >= 15 is 0 Å². The maximum Gasteiger partial charge on any atom is 0.239 e. The van der Waals surface area contributed by atoms with Crippen molar-refractivity contribution in [3.05, 3.63) is 30.4 Å². The van der Waals surface area contributed by atoms with Crippen LogP contribution in [0.25, 0.3) is 11.5 Å². The molecule has 3 aromatic heterocycles. The Morgan fingerprint density at radius 3 is 2.29 bits per heavy atom. The predicted molar refractivity (Wildman–Crippen MR) is 124 cm³/mol. The number of rotatable bonds is 12. The first-order valence-corrected chi connectivity index (χ1v) is 12.1. The number of hydrogen-bond donors (Lipinski definition) is 1. The van der Waals surface area contributed by atoms with E-state index in [0.717, 1.165) is 0 Å². The lowest BCUT2D eigenvalue weighted by molar-refractivity contribution is 0.0908. The number of aromatic nitrogens is 7. The van der Waals surface area contributed by atoms with E-state index in [0.29, 0.717) is 23.1 Å². The first kappa shape index (κ1) is 25.5. The molecule has 34 heavy (non-hydrogen) atoms. The molecule has 2 atom stereocenters. The molecule has 2 unspecified atom stereocenters. The fourth-order valence-corrected chi connectivity index (χ4v) is 4.65. The molecule has 186 valence electrons. The van der Waals surface area contributed by atoms with Crippen LogP contribution in [0, 0.1) is 0 Å². The maximum absolute atomic E-state index is 13.3. The van der Waals surface area contributed by atoms with Crippen molar-refractivity contribution in [3.8, 4) is 17.4 Å². The van der Waals surface area contributed by atoms with E-state index in [2.05, 4.69) is 30.0 Å². The molecule has 13 nitrogen and oxygen atoms in total. The Hall–Kier alpha value is -3.10. The summed E-state index contributed by atoms with van der Waals surface area (Å²) >= 11 is 0. The molecule has 0 fully saturated rings. The summed E-state index contributed by atoms with van der Waals surface area (Å²) in [5.74, 6) is 0.317. The van der Waals surface area contributed by atoms with Gasteiger partial charge in [0.2, 0.25) is 21.9 Å². The van der Waals surface area contributed by atoms with Gasteiger partial charge in [-0.25, -0.2) is 13.4 Å². The standard InChI is InChI=1S/C20H30N8O5S/c1-13(17-9-22-18(33-6)10-21-17)14(2)34(29,30)26-20-24-23-19(16-7-8-27(3)25-16)28(20)15(11-31-4)12-32-5/h7-10,13-15H,11-12H2,1-6H3,(H,24,26). The molecular weight excluding hydrogens is 464 g/mol. The number of aryl methyl sites for hydroxylation is 1. The van der Waals surface area contributed by atoms with Crippen LogP contribution in [-0.2, 0) is 26.5 Å². The van der Waals surface area contributed by atoms with Crippen LogP contribution < -0.4 is 9.46 Å². The van der Waals surface area contributed by atoms with Crippen molar-refractivity contribution in [3.63, 3.8) is 0 Å². The van der Waals surface area contributed by atoms with Crippen molar-refractivity contribution < 1.29 is 22.6 Å². The third-order valence-corrected chi connectivity index (χ3v) is 7.33. The van der Waals surface area contributed by atoms with Crippen LogP contribution in [0.5, 0.6) is 5.88 Å². The molecule has 0 saturated carbocycles. The van der Waals surface area contributed by atoms with Gasteiger partial charge in [-0.2, -0.15) is 5.10 Å². The lowest BCUT2D eigenvalue weighted by Gasteiger charge is -2.23. The third-order valence-electron chi connectivity index (χ3n) is 5.47. The quantitative estimate of drug-likeness (QED) is 0.390. The number of methoxy groups -OCH3 is 3. The van der Waals surface area contributed by atoms with Gasteiger partial charge in [-0.05, 0) is 13.0 Å². The lowest BCUT2D eigenvalue weighted by atomic mass is 10.1. The van der Waals surface area contributed by atoms with Crippen LogP contribution in [0.3, 0.4) is 0 Å². The van der Waals surface area contributed by atoms with E-state index in [1.807, 2.05) is 0 Å². The first-order chi connectivity index (χ1) is 16.2. The van der Waals surface area contributed by atoms with Crippen molar-refractivity contribution >= 4 is 16.0 Å². The summed E-state index contributed by atoms with van der Waals surface area (Å²) in [5, 5.41) is 11.9. The first-order valence-electron chi connectivity index (χ1n) is 10.5. The van der Waals surface area contributed by atoms with Crippen LogP contribution in [0.2, 0.25) is 0 Å². The van der Waals surface area contributed by atoms with Gasteiger partial charge in [-0.15, -0.1) is 10.2 Å². The van der Waals surface area contributed by atoms with Crippen molar-refractivity contribution in [2.45, 2.75) is 31.1 Å². The fourth-order valence-electron chi connectivity index (χ4n) is 3.39. The molecule has 0 aliphatic heterocycles. The monoisotopic (exact) mass is 494 g/mol. The van der Waals surface area contributed by atoms with Crippen molar-refractivity contribution in [1.29, 1.82) is 0 Å². The second-order valence-electron chi connectivity index (χ2n) is 7.78. The minimum absolute atomic E-state index is 0.0413. The molecule has 1 N–H and O–H groups in total. The summed E-state index contributed by atoms with van der Waals surface area (Å²) < 4.78 is 48.2. The Morgan fingerprint density at radius 1 is 1.06 bits per heavy atom. The predicted octanol–water partition coefficient (Wildman–Crippen LogP) is 1.24. The molecule has 3 heterocycles. The molecular formula is C20H30N8O5S. The minimum Gasteiger partial charge on any atom is -0.480 e. The Balaban J connectivity index is 1.95. The van der Waals surface area contributed by atoms with Crippen molar-refractivity contribution in [1.82, 2.24) is 34.5 Å². The lowest BCUT2D eigenvalue weighted by Crippen LogP contribution is -2.32. The van der Waals surface area contributed by atoms with Crippen LogP contribution in [0.15, 0.2) is 24.7 Å². The molecule has 0 aliphatic rings. The molecule has 14 heteroatoms. The van der Waals surface area contributed by atoms with E-state index < -0.39 is 27.2 Å².